The maximum absolute atomic E-state index is 15.6. The Hall–Kier alpha value is -4.64. The highest BCUT2D eigenvalue weighted by Crippen LogP contribution is 2.34. The molecule has 258 valence electrons. The van der Waals surface area contributed by atoms with Crippen LogP contribution < -0.4 is 16.0 Å². The molecule has 1 aliphatic carbocycles. The van der Waals surface area contributed by atoms with Crippen LogP contribution in [-0.2, 0) is 21.4 Å². The third-order valence-corrected chi connectivity index (χ3v) is 9.41. The maximum Gasteiger partial charge on any atom is 0.269 e. The highest BCUT2D eigenvalue weighted by atomic mass is 19.3. The Kier molecular flexibility index (Phi) is 12.0. The molecule has 4 rings (SSSR count). The molecule has 1 saturated heterocycles. The fraction of sp³-hybridized carbons (Fsp3) is 0.500. The van der Waals surface area contributed by atoms with Gasteiger partial charge in [-0.2, -0.15) is 14.0 Å². The van der Waals surface area contributed by atoms with Gasteiger partial charge in [0.25, 0.3) is 12.0 Å². The van der Waals surface area contributed by atoms with Gasteiger partial charge >= 0.3 is 0 Å². The number of benzene rings is 1. The first-order chi connectivity index (χ1) is 22.8. The van der Waals surface area contributed by atoms with Crippen molar-refractivity contribution in [2.45, 2.75) is 64.0 Å². The highest BCUT2D eigenvalue weighted by molar-refractivity contribution is 6.01. The summed E-state index contributed by atoms with van der Waals surface area (Å²) in [4.78, 5) is 56.6. The Labute approximate surface area is 278 Å². The number of hydrogen-bond donors (Lipinski definition) is 3. The van der Waals surface area contributed by atoms with E-state index < -0.39 is 47.6 Å². The number of anilines is 1. The molecule has 2 aromatic rings. The summed E-state index contributed by atoms with van der Waals surface area (Å²) in [5.41, 5.74) is 0.608. The number of hydrogen-bond acceptors (Lipinski definition) is 6. The number of likely N-dealkylation sites (N-methyl/N-ethyl adjacent to an activating group) is 1. The van der Waals surface area contributed by atoms with Crippen LogP contribution in [0, 0.1) is 23.1 Å². The van der Waals surface area contributed by atoms with E-state index in [1.165, 1.54) is 35.9 Å². The van der Waals surface area contributed by atoms with Crippen molar-refractivity contribution in [2.24, 2.45) is 13.0 Å². The van der Waals surface area contributed by atoms with Crippen molar-refractivity contribution in [3.05, 3.63) is 64.8 Å². The van der Waals surface area contributed by atoms with E-state index in [0.717, 1.165) is 0 Å². The van der Waals surface area contributed by atoms with Gasteiger partial charge in [0.1, 0.15) is 35.4 Å². The van der Waals surface area contributed by atoms with Crippen molar-refractivity contribution in [3.8, 4) is 6.07 Å². The molecule has 0 bridgehead atoms. The molecule has 3 atom stereocenters. The number of amides is 4. The average molecular weight is 670 g/mol. The van der Waals surface area contributed by atoms with Gasteiger partial charge in [0, 0.05) is 45.6 Å². The molecule has 1 aromatic heterocycles. The van der Waals surface area contributed by atoms with Crippen LogP contribution in [0.1, 0.15) is 73.6 Å². The van der Waals surface area contributed by atoms with Gasteiger partial charge in [-0.15, -0.1) is 0 Å². The quantitative estimate of drug-likeness (QED) is 0.351. The summed E-state index contributed by atoms with van der Waals surface area (Å²) in [6.07, 6.45) is -1.07. The van der Waals surface area contributed by atoms with Crippen molar-refractivity contribution in [3.63, 3.8) is 0 Å². The number of nitriles is 1. The van der Waals surface area contributed by atoms with E-state index in [4.69, 9.17) is 0 Å². The first kappa shape index (κ1) is 36.2. The van der Waals surface area contributed by atoms with Crippen molar-refractivity contribution < 1.29 is 32.3 Å². The Balaban J connectivity index is 1.54. The molecule has 2 aliphatic rings. The predicted octanol–water partition coefficient (Wildman–Crippen LogP) is 3.89. The average Bonchev–Trinajstić information content (AvgIpc) is 3.46. The second-order valence-electron chi connectivity index (χ2n) is 12.5. The number of nitrogens with one attached hydrogen (secondary N) is 3. The fourth-order valence-corrected chi connectivity index (χ4v) is 6.19. The standard InChI is InChI=1S/C34H42F3N7O4/c1-5-28(45)40-29(34(48)44-16-14-42(3)15-17-44)20(2)23-10-12-26(25(35)18-23)39-33(47)30(21-6-8-22(9-7-21)31(36)37)41-32(46)27-13-11-24(19-38)43(27)4/h10-13,18,20-21,29-30H,5-9,14-17H2,1-4H3,(H,39,47)(H,40,45)(H,41,46)/t20-,29+,30?/m0/s1. The Morgan fingerprint density at radius 3 is 2.23 bits per heavy atom. The molecule has 0 radical (unpaired) electrons. The van der Waals surface area contributed by atoms with Gasteiger partial charge in [-0.1, -0.05) is 19.9 Å². The molecule has 1 unspecified atom stereocenters. The minimum atomic E-state index is -1.75. The highest BCUT2D eigenvalue weighted by Gasteiger charge is 2.35. The zero-order valence-electron chi connectivity index (χ0n) is 27.6. The van der Waals surface area contributed by atoms with Gasteiger partial charge in [0.05, 0.1) is 5.69 Å². The Morgan fingerprint density at radius 1 is 1.00 bits per heavy atom. The molecular formula is C34H42F3N7O4. The van der Waals surface area contributed by atoms with Crippen LogP contribution in [0.15, 0.2) is 42.0 Å². The van der Waals surface area contributed by atoms with Gasteiger partial charge < -0.3 is 30.3 Å². The minimum absolute atomic E-state index is 0.00752. The molecule has 14 heteroatoms. The number of allylic oxidation sites excluding steroid dienone is 1. The largest absolute Gasteiger partial charge is 0.344 e. The summed E-state index contributed by atoms with van der Waals surface area (Å²) in [6, 6.07) is 6.86. The fourth-order valence-electron chi connectivity index (χ4n) is 6.19. The van der Waals surface area contributed by atoms with Gasteiger partial charge in [0.15, 0.2) is 0 Å². The normalized spacial score (nSPS) is 18.7. The maximum atomic E-state index is 15.6. The lowest BCUT2D eigenvalue weighted by Gasteiger charge is -2.36. The summed E-state index contributed by atoms with van der Waals surface area (Å²) in [5.74, 6) is -3.86. The predicted molar refractivity (Wildman–Crippen MR) is 172 cm³/mol. The number of halogens is 3. The second-order valence-corrected chi connectivity index (χ2v) is 12.5. The van der Waals surface area contributed by atoms with E-state index in [-0.39, 0.29) is 66.6 Å². The zero-order valence-corrected chi connectivity index (χ0v) is 27.6. The van der Waals surface area contributed by atoms with Crippen molar-refractivity contribution in [1.29, 1.82) is 5.26 Å². The number of carbonyl (C=O) groups excluding carboxylic acids is 4. The second kappa shape index (κ2) is 16.0. The van der Waals surface area contributed by atoms with Crippen molar-refractivity contribution >= 4 is 29.3 Å². The van der Waals surface area contributed by atoms with Crippen molar-refractivity contribution in [2.75, 3.05) is 38.5 Å². The third-order valence-electron chi connectivity index (χ3n) is 9.41. The van der Waals surface area contributed by atoms with E-state index >= 15 is 4.39 Å². The Morgan fingerprint density at radius 2 is 1.67 bits per heavy atom. The number of piperazine rings is 1. The van der Waals surface area contributed by atoms with Crippen LogP contribution >= 0.6 is 0 Å². The minimum Gasteiger partial charge on any atom is -0.344 e. The molecule has 11 nitrogen and oxygen atoms in total. The number of aromatic nitrogens is 1. The molecule has 0 spiro atoms. The molecule has 4 amide bonds. The van der Waals surface area contributed by atoms with Crippen LogP contribution in [0.5, 0.6) is 0 Å². The van der Waals surface area contributed by atoms with E-state index in [9.17, 15) is 33.2 Å². The van der Waals surface area contributed by atoms with Gasteiger partial charge in [-0.3, -0.25) is 19.2 Å². The molecule has 1 saturated carbocycles. The van der Waals surface area contributed by atoms with Crippen LogP contribution in [0.2, 0.25) is 0 Å². The van der Waals surface area contributed by atoms with Gasteiger partial charge in [0.2, 0.25) is 17.7 Å². The molecule has 1 aliphatic heterocycles. The van der Waals surface area contributed by atoms with Crippen molar-refractivity contribution in [1.82, 2.24) is 25.0 Å². The van der Waals surface area contributed by atoms with Crippen LogP contribution in [0.4, 0.5) is 18.9 Å². The molecule has 3 N–H and O–H groups in total. The van der Waals surface area contributed by atoms with E-state index in [2.05, 4.69) is 20.9 Å². The van der Waals surface area contributed by atoms with Crippen LogP contribution in [0.3, 0.4) is 0 Å². The number of rotatable bonds is 10. The Bertz CT molecular complexity index is 1600. The van der Waals surface area contributed by atoms with E-state index in [0.29, 0.717) is 31.7 Å². The third kappa shape index (κ3) is 8.44. The summed E-state index contributed by atoms with van der Waals surface area (Å²) in [5, 5.41) is 17.3. The summed E-state index contributed by atoms with van der Waals surface area (Å²) >= 11 is 0. The summed E-state index contributed by atoms with van der Waals surface area (Å²) in [7, 11) is 3.49. The smallest absolute Gasteiger partial charge is 0.269 e. The van der Waals surface area contributed by atoms with E-state index in [1.807, 2.05) is 13.1 Å². The number of carbonyl (C=O) groups is 4. The molecule has 48 heavy (non-hydrogen) atoms. The van der Waals surface area contributed by atoms with Gasteiger partial charge in [-0.05, 0) is 74.1 Å². The SMILES string of the molecule is CCC(=O)N[C@@H](C(=O)N1CCN(C)CC1)[C@@H](C)c1ccc(NC(=O)C(NC(=O)c2ccc(C#N)n2C)C2CCC(=C(F)F)CC2)c(F)c1. The summed E-state index contributed by atoms with van der Waals surface area (Å²) in [6.45, 7) is 5.79. The molecule has 2 heterocycles. The van der Waals surface area contributed by atoms with E-state index in [1.54, 1.807) is 24.8 Å². The lowest BCUT2D eigenvalue weighted by molar-refractivity contribution is -0.138. The monoisotopic (exact) mass is 669 g/mol. The lowest BCUT2D eigenvalue weighted by Crippen LogP contribution is -2.55. The molecular weight excluding hydrogens is 627 g/mol. The molecule has 1 aromatic carbocycles. The van der Waals surface area contributed by atoms with Gasteiger partial charge in [-0.25, -0.2) is 4.39 Å². The first-order valence-electron chi connectivity index (χ1n) is 16.1. The lowest BCUT2D eigenvalue weighted by atomic mass is 9.81. The topological polar surface area (TPSA) is 140 Å². The van der Waals surface area contributed by atoms with Crippen LogP contribution in [-0.4, -0.2) is 83.3 Å². The number of nitrogens with zero attached hydrogens (tertiary/aromatic N) is 4. The van der Waals surface area contributed by atoms with Crippen LogP contribution in [0.25, 0.3) is 0 Å². The zero-order chi connectivity index (χ0) is 35.1. The molecule has 2 fully saturated rings. The summed E-state index contributed by atoms with van der Waals surface area (Å²) < 4.78 is 43.5. The first-order valence-corrected chi connectivity index (χ1v) is 16.1.